The molecule has 120 valence electrons. The van der Waals surface area contributed by atoms with Crippen molar-refractivity contribution >= 4 is 17.5 Å². The molecule has 0 atom stereocenters. The first-order valence-corrected chi connectivity index (χ1v) is 7.81. The molecule has 1 saturated carbocycles. The Hall–Kier alpha value is -2.07. The van der Waals surface area contributed by atoms with Crippen LogP contribution >= 0.6 is 11.6 Å². The lowest BCUT2D eigenvalue weighted by Crippen LogP contribution is -2.33. The van der Waals surface area contributed by atoms with E-state index in [1.165, 1.54) is 18.2 Å². The molecule has 0 aliphatic heterocycles. The van der Waals surface area contributed by atoms with E-state index in [9.17, 15) is 9.18 Å². The predicted molar refractivity (Wildman–Crippen MR) is 87.6 cm³/mol. The van der Waals surface area contributed by atoms with Gasteiger partial charge in [-0.15, -0.1) is 0 Å². The van der Waals surface area contributed by atoms with Gasteiger partial charge in [0.2, 0.25) is 0 Å². The van der Waals surface area contributed by atoms with E-state index in [1.54, 1.807) is 7.11 Å². The second kappa shape index (κ2) is 6.20. The van der Waals surface area contributed by atoms with Crippen LogP contribution in [0.1, 0.15) is 28.8 Å². The SMILES string of the molecule is COc1ccccc1C1(CNC(=O)c2c(F)cccc2Cl)CC1. The molecular formula is C18H17ClFNO2. The van der Waals surface area contributed by atoms with Gasteiger partial charge in [0, 0.05) is 17.5 Å². The monoisotopic (exact) mass is 333 g/mol. The maximum absolute atomic E-state index is 13.8. The van der Waals surface area contributed by atoms with E-state index in [-0.39, 0.29) is 16.0 Å². The van der Waals surface area contributed by atoms with Gasteiger partial charge in [-0.1, -0.05) is 35.9 Å². The number of carbonyl (C=O) groups excluding carboxylic acids is 1. The van der Waals surface area contributed by atoms with Crippen LogP contribution in [0.15, 0.2) is 42.5 Å². The average molecular weight is 334 g/mol. The molecule has 0 saturated heterocycles. The van der Waals surface area contributed by atoms with Crippen molar-refractivity contribution in [3.8, 4) is 5.75 Å². The van der Waals surface area contributed by atoms with Crippen LogP contribution in [0, 0.1) is 5.82 Å². The molecule has 1 amide bonds. The molecule has 1 aliphatic carbocycles. The van der Waals surface area contributed by atoms with Crippen LogP contribution in [0.25, 0.3) is 0 Å². The Labute approximate surface area is 139 Å². The number of rotatable bonds is 5. The number of carbonyl (C=O) groups is 1. The summed E-state index contributed by atoms with van der Waals surface area (Å²) in [6, 6.07) is 12.0. The van der Waals surface area contributed by atoms with Crippen molar-refractivity contribution < 1.29 is 13.9 Å². The molecular weight excluding hydrogens is 317 g/mol. The molecule has 1 aliphatic rings. The van der Waals surface area contributed by atoms with Gasteiger partial charge in [-0.05, 0) is 31.0 Å². The summed E-state index contributed by atoms with van der Waals surface area (Å²) in [7, 11) is 1.63. The molecule has 1 N–H and O–H groups in total. The largest absolute Gasteiger partial charge is 0.496 e. The van der Waals surface area contributed by atoms with Crippen molar-refractivity contribution in [1.29, 1.82) is 0 Å². The van der Waals surface area contributed by atoms with Gasteiger partial charge < -0.3 is 10.1 Å². The Morgan fingerprint density at radius 1 is 1.26 bits per heavy atom. The highest BCUT2D eigenvalue weighted by Gasteiger charge is 2.46. The zero-order chi connectivity index (χ0) is 16.4. The van der Waals surface area contributed by atoms with Crippen molar-refractivity contribution in [2.24, 2.45) is 0 Å². The Kier molecular flexibility index (Phi) is 4.26. The van der Waals surface area contributed by atoms with Crippen molar-refractivity contribution in [3.63, 3.8) is 0 Å². The zero-order valence-electron chi connectivity index (χ0n) is 12.7. The summed E-state index contributed by atoms with van der Waals surface area (Å²) in [4.78, 5) is 12.3. The summed E-state index contributed by atoms with van der Waals surface area (Å²) in [5, 5.41) is 2.93. The average Bonchev–Trinajstić information content (AvgIpc) is 3.34. The summed E-state index contributed by atoms with van der Waals surface area (Å²) >= 11 is 5.93. The Morgan fingerprint density at radius 2 is 2.00 bits per heavy atom. The third-order valence-electron chi connectivity index (χ3n) is 4.31. The van der Waals surface area contributed by atoms with Gasteiger partial charge in [-0.3, -0.25) is 4.79 Å². The zero-order valence-corrected chi connectivity index (χ0v) is 13.5. The van der Waals surface area contributed by atoms with Gasteiger partial charge in [0.05, 0.1) is 17.7 Å². The van der Waals surface area contributed by atoms with Crippen LogP contribution in [-0.2, 0) is 5.41 Å². The Balaban J connectivity index is 1.77. The first-order chi connectivity index (χ1) is 11.1. The highest BCUT2D eigenvalue weighted by molar-refractivity contribution is 6.33. The van der Waals surface area contributed by atoms with E-state index in [0.717, 1.165) is 24.2 Å². The summed E-state index contributed by atoms with van der Waals surface area (Å²) in [6.45, 7) is 0.427. The molecule has 3 rings (SSSR count). The van der Waals surface area contributed by atoms with E-state index < -0.39 is 11.7 Å². The minimum Gasteiger partial charge on any atom is -0.496 e. The summed E-state index contributed by atoms with van der Waals surface area (Å²) in [6.07, 6.45) is 1.91. The minimum absolute atomic E-state index is 0.106. The van der Waals surface area contributed by atoms with Gasteiger partial charge in [0.1, 0.15) is 11.6 Å². The number of halogens is 2. The van der Waals surface area contributed by atoms with Crippen LogP contribution in [-0.4, -0.2) is 19.6 Å². The molecule has 0 radical (unpaired) electrons. The van der Waals surface area contributed by atoms with E-state index >= 15 is 0 Å². The first-order valence-electron chi connectivity index (χ1n) is 7.43. The Morgan fingerprint density at radius 3 is 2.65 bits per heavy atom. The number of nitrogens with one attached hydrogen (secondary N) is 1. The summed E-state index contributed by atoms with van der Waals surface area (Å²) in [5.74, 6) is -0.297. The van der Waals surface area contributed by atoms with Crippen molar-refractivity contribution in [2.45, 2.75) is 18.3 Å². The van der Waals surface area contributed by atoms with Gasteiger partial charge in [-0.25, -0.2) is 4.39 Å². The molecule has 0 unspecified atom stereocenters. The number of hydrogen-bond acceptors (Lipinski definition) is 2. The van der Waals surface area contributed by atoms with Gasteiger partial charge >= 0.3 is 0 Å². The minimum atomic E-state index is -0.614. The lowest BCUT2D eigenvalue weighted by atomic mass is 9.94. The fourth-order valence-corrected chi connectivity index (χ4v) is 3.08. The molecule has 5 heteroatoms. The number of methoxy groups -OCH3 is 1. The van der Waals surface area contributed by atoms with Crippen molar-refractivity contribution in [1.82, 2.24) is 5.32 Å². The second-order valence-electron chi connectivity index (χ2n) is 5.76. The maximum Gasteiger partial charge on any atom is 0.255 e. The number of benzene rings is 2. The van der Waals surface area contributed by atoms with E-state index in [4.69, 9.17) is 16.3 Å². The topological polar surface area (TPSA) is 38.3 Å². The van der Waals surface area contributed by atoms with E-state index in [2.05, 4.69) is 5.32 Å². The standard InChI is InChI=1S/C18H17ClFNO2/c1-23-15-8-3-2-5-12(15)18(9-10-18)11-21-17(22)16-13(19)6-4-7-14(16)20/h2-8H,9-11H2,1H3,(H,21,22). The highest BCUT2D eigenvalue weighted by Crippen LogP contribution is 2.50. The normalized spacial score (nSPS) is 15.1. The number of amides is 1. The molecule has 1 fully saturated rings. The van der Waals surface area contributed by atoms with Crippen LogP contribution in [0.3, 0.4) is 0 Å². The first kappa shape index (κ1) is 15.8. The van der Waals surface area contributed by atoms with Crippen molar-refractivity contribution in [2.75, 3.05) is 13.7 Å². The lowest BCUT2D eigenvalue weighted by molar-refractivity contribution is 0.0945. The van der Waals surface area contributed by atoms with Gasteiger partial charge in [-0.2, -0.15) is 0 Å². The second-order valence-corrected chi connectivity index (χ2v) is 6.17. The molecule has 0 aromatic heterocycles. The maximum atomic E-state index is 13.8. The lowest BCUT2D eigenvalue weighted by Gasteiger charge is -2.19. The van der Waals surface area contributed by atoms with Crippen LogP contribution < -0.4 is 10.1 Å². The molecule has 0 spiro atoms. The number of para-hydroxylation sites is 1. The molecule has 2 aromatic rings. The molecule has 23 heavy (non-hydrogen) atoms. The van der Waals surface area contributed by atoms with Crippen LogP contribution in [0.5, 0.6) is 5.75 Å². The third-order valence-corrected chi connectivity index (χ3v) is 4.62. The Bertz CT molecular complexity index is 723. The molecule has 3 nitrogen and oxygen atoms in total. The van der Waals surface area contributed by atoms with Gasteiger partial charge in [0.15, 0.2) is 0 Å². The fraction of sp³-hybridized carbons (Fsp3) is 0.278. The number of hydrogen-bond donors (Lipinski definition) is 1. The predicted octanol–water partition coefficient (Wildman–Crippen LogP) is 3.95. The van der Waals surface area contributed by atoms with Crippen LogP contribution in [0.4, 0.5) is 4.39 Å². The summed E-state index contributed by atoms with van der Waals surface area (Å²) < 4.78 is 19.2. The van der Waals surface area contributed by atoms with E-state index in [0.29, 0.717) is 6.54 Å². The summed E-state index contributed by atoms with van der Waals surface area (Å²) in [5.41, 5.74) is 0.826. The number of ether oxygens (including phenoxy) is 1. The fourth-order valence-electron chi connectivity index (χ4n) is 2.83. The third kappa shape index (κ3) is 3.04. The molecule has 2 aromatic carbocycles. The smallest absolute Gasteiger partial charge is 0.255 e. The van der Waals surface area contributed by atoms with Gasteiger partial charge in [0.25, 0.3) is 5.91 Å². The highest BCUT2D eigenvalue weighted by atomic mass is 35.5. The molecule has 0 bridgehead atoms. The van der Waals surface area contributed by atoms with Crippen molar-refractivity contribution in [3.05, 3.63) is 64.4 Å². The van der Waals surface area contributed by atoms with E-state index in [1.807, 2.05) is 24.3 Å². The molecule has 0 heterocycles. The van der Waals surface area contributed by atoms with Crippen LogP contribution in [0.2, 0.25) is 5.02 Å². The quantitative estimate of drug-likeness (QED) is 0.899.